The van der Waals surface area contributed by atoms with Gasteiger partial charge in [0.05, 0.1) is 11.8 Å². The zero-order valence-electron chi connectivity index (χ0n) is 11.6. The summed E-state index contributed by atoms with van der Waals surface area (Å²) in [6, 6.07) is 6.71. The van der Waals surface area contributed by atoms with Gasteiger partial charge in [-0.3, -0.25) is 4.79 Å². The Balaban J connectivity index is 2.10. The maximum absolute atomic E-state index is 11.6. The first kappa shape index (κ1) is 15.1. The fraction of sp³-hybridized carbons (Fsp3) is 0.214. The predicted octanol–water partition coefficient (Wildman–Crippen LogP) is 2.89. The monoisotopic (exact) mass is 307 g/mol. The Morgan fingerprint density at radius 2 is 2.24 bits per heavy atom. The van der Waals surface area contributed by atoms with Gasteiger partial charge in [0.1, 0.15) is 5.75 Å². The molecule has 0 bridgehead atoms. The third kappa shape index (κ3) is 4.32. The lowest BCUT2D eigenvalue weighted by Crippen LogP contribution is -2.25. The van der Waals surface area contributed by atoms with E-state index in [-0.39, 0.29) is 12.5 Å². The molecule has 1 amide bonds. The number of rotatable bonds is 5. The minimum absolute atomic E-state index is 0.167. The Hall–Kier alpha value is -2.34. The molecular formula is C14H14ClN3O3. The van der Waals surface area contributed by atoms with Gasteiger partial charge >= 0.3 is 0 Å². The van der Waals surface area contributed by atoms with Gasteiger partial charge in [0, 0.05) is 16.8 Å². The standard InChI is InChI=1S/C14H14ClN3O3/c1-9(2)17-18-14(19)8-20-12-4-3-10(15)7-11(12)13-5-6-16-21-13/h3-7H,8H2,1-2H3,(H,18,19). The van der Waals surface area contributed by atoms with Gasteiger partial charge in [0.2, 0.25) is 0 Å². The van der Waals surface area contributed by atoms with Crippen molar-refractivity contribution in [2.24, 2.45) is 5.10 Å². The van der Waals surface area contributed by atoms with E-state index < -0.39 is 0 Å². The number of amides is 1. The van der Waals surface area contributed by atoms with E-state index >= 15 is 0 Å². The van der Waals surface area contributed by atoms with Crippen molar-refractivity contribution in [3.8, 4) is 17.1 Å². The van der Waals surface area contributed by atoms with Gasteiger partial charge in [-0.15, -0.1) is 0 Å². The Morgan fingerprint density at radius 3 is 2.90 bits per heavy atom. The van der Waals surface area contributed by atoms with Gasteiger partial charge in [-0.25, -0.2) is 5.43 Å². The van der Waals surface area contributed by atoms with Crippen molar-refractivity contribution in [2.75, 3.05) is 6.61 Å². The molecule has 0 aliphatic rings. The van der Waals surface area contributed by atoms with Crippen LogP contribution in [0.15, 0.2) is 40.1 Å². The highest BCUT2D eigenvalue weighted by molar-refractivity contribution is 6.30. The summed E-state index contributed by atoms with van der Waals surface area (Å²) >= 11 is 5.97. The van der Waals surface area contributed by atoms with Crippen LogP contribution in [0, 0.1) is 0 Å². The molecule has 110 valence electrons. The molecule has 1 heterocycles. The summed E-state index contributed by atoms with van der Waals surface area (Å²) in [4.78, 5) is 11.6. The van der Waals surface area contributed by atoms with Crippen LogP contribution in [0.3, 0.4) is 0 Å². The summed E-state index contributed by atoms with van der Waals surface area (Å²) in [5, 5.41) is 7.99. The molecule has 0 fully saturated rings. The van der Waals surface area contributed by atoms with E-state index in [1.165, 1.54) is 6.20 Å². The third-order valence-corrected chi connectivity index (χ3v) is 2.64. The molecule has 0 spiro atoms. The van der Waals surface area contributed by atoms with Gasteiger partial charge in [-0.1, -0.05) is 16.8 Å². The van der Waals surface area contributed by atoms with Crippen molar-refractivity contribution < 1.29 is 14.1 Å². The normalized spacial score (nSPS) is 10.0. The SMILES string of the molecule is CC(C)=NNC(=O)COc1ccc(Cl)cc1-c1ccno1. The Labute approximate surface area is 126 Å². The molecule has 0 unspecified atom stereocenters. The van der Waals surface area contributed by atoms with E-state index in [0.29, 0.717) is 22.1 Å². The second-order valence-electron chi connectivity index (χ2n) is 4.40. The first-order valence-electron chi connectivity index (χ1n) is 6.19. The summed E-state index contributed by atoms with van der Waals surface area (Å²) in [7, 11) is 0. The van der Waals surface area contributed by atoms with Crippen molar-refractivity contribution in [3.63, 3.8) is 0 Å². The number of halogens is 1. The van der Waals surface area contributed by atoms with Gasteiger partial charge in [0.25, 0.3) is 5.91 Å². The highest BCUT2D eigenvalue weighted by atomic mass is 35.5. The molecule has 0 radical (unpaired) electrons. The molecule has 0 saturated carbocycles. The minimum Gasteiger partial charge on any atom is -0.483 e. The van der Waals surface area contributed by atoms with Gasteiger partial charge < -0.3 is 9.26 Å². The quantitative estimate of drug-likeness (QED) is 0.680. The lowest BCUT2D eigenvalue weighted by Gasteiger charge is -2.09. The van der Waals surface area contributed by atoms with Crippen molar-refractivity contribution in [1.29, 1.82) is 0 Å². The van der Waals surface area contributed by atoms with E-state index in [2.05, 4.69) is 15.7 Å². The van der Waals surface area contributed by atoms with E-state index in [9.17, 15) is 4.79 Å². The Bertz CT molecular complexity index is 649. The molecule has 0 aliphatic heterocycles. The van der Waals surface area contributed by atoms with E-state index in [0.717, 1.165) is 5.71 Å². The van der Waals surface area contributed by atoms with Gasteiger partial charge in [-0.2, -0.15) is 5.10 Å². The van der Waals surface area contributed by atoms with Crippen LogP contribution < -0.4 is 10.2 Å². The third-order valence-electron chi connectivity index (χ3n) is 2.41. The highest BCUT2D eigenvalue weighted by Crippen LogP contribution is 2.32. The topological polar surface area (TPSA) is 76.7 Å². The number of hydrogen-bond acceptors (Lipinski definition) is 5. The summed E-state index contributed by atoms with van der Waals surface area (Å²) in [5.41, 5.74) is 3.76. The molecule has 1 aromatic heterocycles. The molecule has 0 atom stereocenters. The number of nitrogens with zero attached hydrogens (tertiary/aromatic N) is 2. The zero-order chi connectivity index (χ0) is 15.2. The first-order chi connectivity index (χ1) is 10.1. The molecular weight excluding hydrogens is 294 g/mol. The van der Waals surface area contributed by atoms with Crippen molar-refractivity contribution in [1.82, 2.24) is 10.6 Å². The summed E-state index contributed by atoms with van der Waals surface area (Å²) in [5.74, 6) is 0.633. The van der Waals surface area contributed by atoms with E-state index in [1.54, 1.807) is 38.1 Å². The van der Waals surface area contributed by atoms with Crippen LogP contribution in [0.1, 0.15) is 13.8 Å². The number of aromatic nitrogens is 1. The van der Waals surface area contributed by atoms with Crippen LogP contribution in [0.5, 0.6) is 5.75 Å². The molecule has 0 aliphatic carbocycles. The summed E-state index contributed by atoms with van der Waals surface area (Å²) < 4.78 is 10.6. The predicted molar refractivity (Wildman–Crippen MR) is 79.4 cm³/mol. The van der Waals surface area contributed by atoms with Gasteiger partial charge in [-0.05, 0) is 32.0 Å². The van der Waals surface area contributed by atoms with Crippen molar-refractivity contribution in [3.05, 3.63) is 35.5 Å². The molecule has 21 heavy (non-hydrogen) atoms. The lowest BCUT2D eigenvalue weighted by molar-refractivity contribution is -0.123. The fourth-order valence-corrected chi connectivity index (χ4v) is 1.70. The Kier molecular flexibility index (Phi) is 4.94. The highest BCUT2D eigenvalue weighted by Gasteiger charge is 2.12. The number of hydrogen-bond donors (Lipinski definition) is 1. The molecule has 2 aromatic rings. The molecule has 2 rings (SSSR count). The van der Waals surface area contributed by atoms with Crippen LogP contribution in [0.25, 0.3) is 11.3 Å². The average molecular weight is 308 g/mol. The van der Waals surface area contributed by atoms with Crippen molar-refractivity contribution >= 4 is 23.2 Å². The summed E-state index contributed by atoms with van der Waals surface area (Å²) in [6.45, 7) is 3.39. The number of nitrogens with one attached hydrogen (secondary N) is 1. The number of ether oxygens (including phenoxy) is 1. The first-order valence-corrected chi connectivity index (χ1v) is 6.57. The maximum Gasteiger partial charge on any atom is 0.277 e. The van der Waals surface area contributed by atoms with E-state index in [1.807, 2.05) is 0 Å². The fourth-order valence-electron chi connectivity index (χ4n) is 1.53. The maximum atomic E-state index is 11.6. The summed E-state index contributed by atoms with van der Waals surface area (Å²) in [6.07, 6.45) is 1.52. The molecule has 1 aromatic carbocycles. The van der Waals surface area contributed by atoms with Crippen LogP contribution in [0.2, 0.25) is 5.02 Å². The van der Waals surface area contributed by atoms with Crippen LogP contribution in [-0.2, 0) is 4.79 Å². The van der Waals surface area contributed by atoms with Crippen LogP contribution in [0.4, 0.5) is 0 Å². The largest absolute Gasteiger partial charge is 0.483 e. The zero-order valence-corrected chi connectivity index (χ0v) is 12.3. The number of hydrazone groups is 1. The smallest absolute Gasteiger partial charge is 0.277 e. The second-order valence-corrected chi connectivity index (χ2v) is 4.84. The number of carbonyl (C=O) groups excluding carboxylic acids is 1. The average Bonchev–Trinajstić information content (AvgIpc) is 2.97. The minimum atomic E-state index is -0.352. The van der Waals surface area contributed by atoms with Crippen LogP contribution >= 0.6 is 11.6 Å². The number of carbonyl (C=O) groups is 1. The number of benzene rings is 1. The van der Waals surface area contributed by atoms with Crippen molar-refractivity contribution in [2.45, 2.75) is 13.8 Å². The Morgan fingerprint density at radius 1 is 1.43 bits per heavy atom. The molecule has 1 N–H and O–H groups in total. The molecule has 0 saturated heterocycles. The molecule has 6 nitrogen and oxygen atoms in total. The molecule has 7 heteroatoms. The lowest BCUT2D eigenvalue weighted by atomic mass is 10.1. The van der Waals surface area contributed by atoms with E-state index in [4.69, 9.17) is 20.9 Å². The van der Waals surface area contributed by atoms with Gasteiger partial charge in [0.15, 0.2) is 12.4 Å². The van der Waals surface area contributed by atoms with Crippen LogP contribution in [-0.4, -0.2) is 23.4 Å². The second kappa shape index (κ2) is 6.90.